The molecule has 0 aliphatic rings. The second kappa shape index (κ2) is 9.42. The average Bonchev–Trinajstić information content (AvgIpc) is 3.29. The molecule has 7 nitrogen and oxygen atoms in total. The highest BCUT2D eigenvalue weighted by Crippen LogP contribution is 2.19. The summed E-state index contributed by atoms with van der Waals surface area (Å²) in [5.74, 6) is 0.245. The molecule has 164 valence electrons. The Morgan fingerprint density at radius 3 is 2.56 bits per heavy atom. The maximum atomic E-state index is 13.2. The van der Waals surface area contributed by atoms with Gasteiger partial charge in [0.2, 0.25) is 5.91 Å². The molecule has 0 fully saturated rings. The number of para-hydroxylation sites is 1. The van der Waals surface area contributed by atoms with E-state index in [-0.39, 0.29) is 24.6 Å². The molecule has 0 spiro atoms. The minimum Gasteiger partial charge on any atom is -0.496 e. The van der Waals surface area contributed by atoms with Crippen molar-refractivity contribution in [3.8, 4) is 5.75 Å². The van der Waals surface area contributed by atoms with Gasteiger partial charge in [-0.15, -0.1) is 11.3 Å². The third-order valence-corrected chi connectivity index (χ3v) is 6.21. The number of hydrogen-bond donors (Lipinski definition) is 1. The Balaban J connectivity index is 1.64. The molecule has 0 aliphatic carbocycles. The zero-order valence-electron chi connectivity index (χ0n) is 17.2. The van der Waals surface area contributed by atoms with Gasteiger partial charge in [0.05, 0.1) is 19.2 Å². The molecule has 32 heavy (non-hydrogen) atoms. The van der Waals surface area contributed by atoms with Gasteiger partial charge < -0.3 is 10.1 Å². The van der Waals surface area contributed by atoms with Gasteiger partial charge in [-0.05, 0) is 35.2 Å². The van der Waals surface area contributed by atoms with Crippen LogP contribution in [0.1, 0.15) is 11.1 Å². The fourth-order valence-electron chi connectivity index (χ4n) is 3.43. The lowest BCUT2D eigenvalue weighted by Crippen LogP contribution is -2.42. The number of methoxy groups -OCH3 is 1. The maximum Gasteiger partial charge on any atom is 0.332 e. The van der Waals surface area contributed by atoms with E-state index in [1.165, 1.54) is 23.0 Å². The number of benzene rings is 2. The molecule has 2 aromatic heterocycles. The largest absolute Gasteiger partial charge is 0.496 e. The van der Waals surface area contributed by atoms with Gasteiger partial charge in [0.1, 0.15) is 17.0 Å². The topological polar surface area (TPSA) is 82.3 Å². The highest BCUT2D eigenvalue weighted by atomic mass is 35.5. The molecule has 0 atom stereocenters. The van der Waals surface area contributed by atoms with Gasteiger partial charge in [-0.25, -0.2) is 4.79 Å². The zero-order chi connectivity index (χ0) is 22.7. The predicted molar refractivity (Wildman–Crippen MR) is 126 cm³/mol. The van der Waals surface area contributed by atoms with Crippen molar-refractivity contribution >= 4 is 39.1 Å². The lowest BCUT2D eigenvalue weighted by molar-refractivity contribution is -0.121. The molecule has 4 aromatic rings. The van der Waals surface area contributed by atoms with Crippen molar-refractivity contribution < 1.29 is 9.53 Å². The van der Waals surface area contributed by atoms with Crippen LogP contribution in [0.3, 0.4) is 0 Å². The van der Waals surface area contributed by atoms with Gasteiger partial charge >= 0.3 is 5.69 Å². The molecule has 0 aliphatic heterocycles. The van der Waals surface area contributed by atoms with Crippen molar-refractivity contribution in [1.82, 2.24) is 14.5 Å². The number of halogens is 1. The fraction of sp³-hybridized carbons (Fsp3) is 0.174. The van der Waals surface area contributed by atoms with Crippen molar-refractivity contribution in [2.24, 2.45) is 0 Å². The minimum atomic E-state index is -0.548. The summed E-state index contributed by atoms with van der Waals surface area (Å²) >= 11 is 7.13. The SMILES string of the molecule is COc1ccccc1Cn1c(=O)c2sccc2n(CC(=O)NCc2ccc(Cl)cc2)c1=O. The van der Waals surface area contributed by atoms with Gasteiger partial charge in [0.25, 0.3) is 5.56 Å². The van der Waals surface area contributed by atoms with E-state index in [4.69, 9.17) is 16.3 Å². The number of amides is 1. The third-order valence-electron chi connectivity index (χ3n) is 5.06. The Morgan fingerprint density at radius 1 is 1.06 bits per heavy atom. The van der Waals surface area contributed by atoms with Crippen molar-refractivity contribution in [1.29, 1.82) is 0 Å². The van der Waals surface area contributed by atoms with Gasteiger partial charge in [-0.3, -0.25) is 18.7 Å². The predicted octanol–water partition coefficient (Wildman–Crippen LogP) is 3.25. The summed E-state index contributed by atoms with van der Waals surface area (Å²) in [4.78, 5) is 38.9. The summed E-state index contributed by atoms with van der Waals surface area (Å²) in [7, 11) is 1.54. The van der Waals surface area contributed by atoms with Crippen LogP contribution < -0.4 is 21.3 Å². The van der Waals surface area contributed by atoms with Crippen LogP contribution in [-0.4, -0.2) is 22.2 Å². The monoisotopic (exact) mass is 469 g/mol. The standard InChI is InChI=1S/C23H20ClN3O4S/c1-31-19-5-3-2-4-16(19)13-27-22(29)21-18(10-11-32-21)26(23(27)30)14-20(28)25-12-15-6-8-17(24)9-7-15/h2-11H,12-14H2,1H3,(H,25,28). The van der Waals surface area contributed by atoms with Crippen molar-refractivity contribution in [2.45, 2.75) is 19.6 Å². The number of rotatable bonds is 7. The van der Waals surface area contributed by atoms with E-state index in [9.17, 15) is 14.4 Å². The summed E-state index contributed by atoms with van der Waals surface area (Å²) < 4.78 is 8.25. The molecule has 2 heterocycles. The number of hydrogen-bond acceptors (Lipinski definition) is 5. The molecule has 9 heteroatoms. The third kappa shape index (κ3) is 4.46. The first-order valence-electron chi connectivity index (χ1n) is 9.82. The van der Waals surface area contributed by atoms with Crippen LogP contribution in [0.15, 0.2) is 69.6 Å². The minimum absolute atomic E-state index is 0.0436. The van der Waals surface area contributed by atoms with Gasteiger partial charge in [-0.2, -0.15) is 0 Å². The van der Waals surface area contributed by atoms with Crippen molar-refractivity contribution in [3.63, 3.8) is 0 Å². The first kappa shape index (κ1) is 21.9. The normalized spacial score (nSPS) is 10.9. The van der Waals surface area contributed by atoms with E-state index in [1.54, 1.807) is 35.7 Å². The Bertz CT molecular complexity index is 1390. The quantitative estimate of drug-likeness (QED) is 0.450. The number of nitrogens with one attached hydrogen (secondary N) is 1. The molecule has 0 bridgehead atoms. The van der Waals surface area contributed by atoms with E-state index in [0.29, 0.717) is 33.1 Å². The van der Waals surface area contributed by atoms with Crippen LogP contribution >= 0.6 is 22.9 Å². The number of aromatic nitrogens is 2. The molecule has 0 unspecified atom stereocenters. The molecule has 1 N–H and O–H groups in total. The first-order valence-corrected chi connectivity index (χ1v) is 11.1. The molecular weight excluding hydrogens is 450 g/mol. The second-order valence-electron chi connectivity index (χ2n) is 7.11. The maximum absolute atomic E-state index is 13.2. The Hall–Kier alpha value is -3.36. The highest BCUT2D eigenvalue weighted by Gasteiger charge is 2.17. The van der Waals surface area contributed by atoms with Crippen LogP contribution in [0.25, 0.3) is 10.2 Å². The fourth-order valence-corrected chi connectivity index (χ4v) is 4.40. The van der Waals surface area contributed by atoms with Crippen molar-refractivity contribution in [3.05, 3.63) is 97.0 Å². The number of nitrogens with zero attached hydrogens (tertiary/aromatic N) is 2. The summed E-state index contributed by atoms with van der Waals surface area (Å²) in [6.07, 6.45) is 0. The number of ether oxygens (including phenoxy) is 1. The van der Waals surface area contributed by atoms with E-state index in [2.05, 4.69) is 5.32 Å². The molecular formula is C23H20ClN3O4S. The summed E-state index contributed by atoms with van der Waals surface area (Å²) in [5.41, 5.74) is 1.10. The van der Waals surface area contributed by atoms with E-state index in [1.807, 2.05) is 24.3 Å². The molecule has 0 radical (unpaired) electrons. The average molecular weight is 470 g/mol. The van der Waals surface area contributed by atoms with E-state index < -0.39 is 5.69 Å². The van der Waals surface area contributed by atoms with E-state index >= 15 is 0 Å². The second-order valence-corrected chi connectivity index (χ2v) is 8.46. The van der Waals surface area contributed by atoms with Gasteiger partial charge in [0, 0.05) is 17.1 Å². The molecule has 1 amide bonds. The number of fused-ring (bicyclic) bond motifs is 1. The number of carbonyl (C=O) groups is 1. The zero-order valence-corrected chi connectivity index (χ0v) is 18.8. The summed E-state index contributed by atoms with van der Waals surface area (Å²) in [6.45, 7) is 0.145. The smallest absolute Gasteiger partial charge is 0.332 e. The molecule has 0 saturated carbocycles. The Morgan fingerprint density at radius 2 is 1.81 bits per heavy atom. The van der Waals surface area contributed by atoms with Crippen LogP contribution in [-0.2, 0) is 24.4 Å². The molecule has 2 aromatic carbocycles. The van der Waals surface area contributed by atoms with E-state index in [0.717, 1.165) is 10.1 Å². The summed E-state index contributed by atoms with van der Waals surface area (Å²) in [5, 5.41) is 5.16. The lowest BCUT2D eigenvalue weighted by atomic mass is 10.2. The Kier molecular flexibility index (Phi) is 6.43. The molecule has 4 rings (SSSR count). The van der Waals surface area contributed by atoms with Crippen molar-refractivity contribution in [2.75, 3.05) is 7.11 Å². The van der Waals surface area contributed by atoms with Gasteiger partial charge in [0.15, 0.2) is 0 Å². The Labute approximate surface area is 192 Å². The van der Waals surface area contributed by atoms with Crippen LogP contribution in [0, 0.1) is 0 Å². The first-order chi connectivity index (χ1) is 15.5. The molecule has 0 saturated heterocycles. The number of carbonyl (C=O) groups excluding carboxylic acids is 1. The lowest BCUT2D eigenvalue weighted by Gasteiger charge is -2.14. The number of thiophene rings is 1. The summed E-state index contributed by atoms with van der Waals surface area (Å²) in [6, 6.07) is 16.0. The van der Waals surface area contributed by atoms with Crippen LogP contribution in [0.4, 0.5) is 0 Å². The van der Waals surface area contributed by atoms with Crippen LogP contribution in [0.2, 0.25) is 5.02 Å². The van der Waals surface area contributed by atoms with Crippen LogP contribution in [0.5, 0.6) is 5.75 Å². The van der Waals surface area contributed by atoms with Gasteiger partial charge in [-0.1, -0.05) is 41.9 Å². The highest BCUT2D eigenvalue weighted by molar-refractivity contribution is 7.17.